The Morgan fingerprint density at radius 3 is 2.39 bits per heavy atom. The Morgan fingerprint density at radius 2 is 1.68 bits per heavy atom. The summed E-state index contributed by atoms with van der Waals surface area (Å²) in [4.78, 5) is 25.2. The topological polar surface area (TPSA) is 67.4 Å². The Morgan fingerprint density at radius 1 is 1.00 bits per heavy atom. The van der Waals surface area contributed by atoms with E-state index in [-0.39, 0.29) is 23.8 Å². The van der Waals surface area contributed by atoms with Crippen LogP contribution in [0.3, 0.4) is 0 Å². The first-order chi connectivity index (χ1) is 15.1. The number of amides is 2. The number of rotatable bonds is 9. The number of carbonyl (C=O) groups excluding carboxylic acids is 2. The lowest BCUT2D eigenvalue weighted by Crippen LogP contribution is -2.27. The molecule has 1 saturated carbocycles. The van der Waals surface area contributed by atoms with Crippen LogP contribution >= 0.6 is 0 Å². The second-order valence-electron chi connectivity index (χ2n) is 8.04. The lowest BCUT2D eigenvalue weighted by molar-refractivity contribution is -0.117. The van der Waals surface area contributed by atoms with Gasteiger partial charge in [0.15, 0.2) is 0 Å². The average Bonchev–Trinajstić information content (AvgIpc) is 3.64. The fourth-order valence-corrected chi connectivity index (χ4v) is 3.56. The van der Waals surface area contributed by atoms with Crippen LogP contribution in [0, 0.1) is 5.92 Å². The molecular formula is C26H28N2O3. The third-order valence-corrected chi connectivity index (χ3v) is 5.58. The van der Waals surface area contributed by atoms with Crippen molar-refractivity contribution in [3.63, 3.8) is 0 Å². The summed E-state index contributed by atoms with van der Waals surface area (Å²) in [6, 6.07) is 21.6. The zero-order valence-corrected chi connectivity index (χ0v) is 17.8. The van der Waals surface area contributed by atoms with E-state index >= 15 is 0 Å². The molecule has 1 atom stereocenters. The van der Waals surface area contributed by atoms with Crippen LogP contribution in [0.2, 0.25) is 0 Å². The standard InChI is InChI=1S/C26H28N2O3/c1-18(19-8-3-2-4-9-19)31-15-7-14-27-26(30)23-16-21-10-5-6-11-22(21)17-24(23)28-25(29)20-12-13-20/h2-6,8-11,16-18,20H,7,12-15H2,1H3,(H,27,30)(H,28,29). The number of fused-ring (bicyclic) bond motifs is 1. The normalized spacial score (nSPS) is 14.2. The zero-order valence-electron chi connectivity index (χ0n) is 17.8. The third-order valence-electron chi connectivity index (χ3n) is 5.58. The molecule has 5 heteroatoms. The van der Waals surface area contributed by atoms with Crippen molar-refractivity contribution in [1.29, 1.82) is 0 Å². The molecule has 5 nitrogen and oxygen atoms in total. The summed E-state index contributed by atoms with van der Waals surface area (Å²) >= 11 is 0. The average molecular weight is 417 g/mol. The van der Waals surface area contributed by atoms with Gasteiger partial charge in [-0.1, -0.05) is 54.6 Å². The highest BCUT2D eigenvalue weighted by Crippen LogP contribution is 2.32. The van der Waals surface area contributed by atoms with Gasteiger partial charge in [-0.25, -0.2) is 0 Å². The quantitative estimate of drug-likeness (QED) is 0.478. The molecule has 0 aromatic heterocycles. The smallest absolute Gasteiger partial charge is 0.253 e. The number of hydrogen-bond donors (Lipinski definition) is 2. The summed E-state index contributed by atoms with van der Waals surface area (Å²) in [5.41, 5.74) is 2.20. The molecule has 4 rings (SSSR count). The predicted molar refractivity (Wildman–Crippen MR) is 123 cm³/mol. The zero-order chi connectivity index (χ0) is 21.6. The van der Waals surface area contributed by atoms with Crippen molar-refractivity contribution >= 4 is 28.3 Å². The monoisotopic (exact) mass is 416 g/mol. The summed E-state index contributed by atoms with van der Waals surface area (Å²) < 4.78 is 5.87. The number of hydrogen-bond acceptors (Lipinski definition) is 3. The van der Waals surface area contributed by atoms with Crippen LogP contribution in [0.4, 0.5) is 5.69 Å². The highest BCUT2D eigenvalue weighted by molar-refractivity contribution is 6.08. The van der Waals surface area contributed by atoms with E-state index in [1.165, 1.54) is 0 Å². The minimum absolute atomic E-state index is 0.00682. The van der Waals surface area contributed by atoms with Gasteiger partial charge in [-0.05, 0) is 54.7 Å². The van der Waals surface area contributed by atoms with Crippen molar-refractivity contribution in [2.75, 3.05) is 18.5 Å². The molecule has 160 valence electrons. The van der Waals surface area contributed by atoms with Gasteiger partial charge in [0, 0.05) is 19.1 Å². The van der Waals surface area contributed by atoms with E-state index in [1.807, 2.05) is 73.7 Å². The van der Waals surface area contributed by atoms with Gasteiger partial charge in [-0.3, -0.25) is 9.59 Å². The third kappa shape index (κ3) is 5.50. The van der Waals surface area contributed by atoms with Crippen molar-refractivity contribution in [3.05, 3.63) is 77.9 Å². The van der Waals surface area contributed by atoms with Crippen LogP contribution in [-0.2, 0) is 9.53 Å². The molecule has 1 unspecified atom stereocenters. The summed E-state index contributed by atoms with van der Waals surface area (Å²) in [7, 11) is 0. The van der Waals surface area contributed by atoms with Crippen LogP contribution in [-0.4, -0.2) is 25.0 Å². The van der Waals surface area contributed by atoms with Crippen LogP contribution in [0.1, 0.15) is 48.2 Å². The molecule has 0 aliphatic heterocycles. The molecule has 0 bridgehead atoms. The Bertz CT molecular complexity index is 1060. The van der Waals surface area contributed by atoms with Crippen molar-refractivity contribution < 1.29 is 14.3 Å². The van der Waals surface area contributed by atoms with Crippen molar-refractivity contribution in [2.24, 2.45) is 5.92 Å². The van der Waals surface area contributed by atoms with E-state index in [1.54, 1.807) is 0 Å². The molecule has 1 aliphatic rings. The maximum atomic E-state index is 12.9. The molecule has 0 spiro atoms. The Labute approximate surface area is 182 Å². The van der Waals surface area contributed by atoms with Gasteiger partial charge in [-0.2, -0.15) is 0 Å². The fourth-order valence-electron chi connectivity index (χ4n) is 3.56. The first-order valence-corrected chi connectivity index (χ1v) is 10.9. The molecule has 3 aromatic carbocycles. The molecule has 1 fully saturated rings. The molecule has 0 saturated heterocycles. The summed E-state index contributed by atoms with van der Waals surface area (Å²) in [5, 5.41) is 7.88. The largest absolute Gasteiger partial charge is 0.374 e. The van der Waals surface area contributed by atoms with E-state index in [9.17, 15) is 9.59 Å². The lowest BCUT2D eigenvalue weighted by Gasteiger charge is -2.15. The van der Waals surface area contributed by atoms with Crippen molar-refractivity contribution in [2.45, 2.75) is 32.3 Å². The van der Waals surface area contributed by atoms with Gasteiger partial charge < -0.3 is 15.4 Å². The number of benzene rings is 3. The maximum absolute atomic E-state index is 12.9. The Kier molecular flexibility index (Phi) is 6.63. The van der Waals surface area contributed by atoms with E-state index in [0.29, 0.717) is 30.8 Å². The molecule has 2 N–H and O–H groups in total. The van der Waals surface area contributed by atoms with Gasteiger partial charge in [0.05, 0.1) is 17.4 Å². The summed E-state index contributed by atoms with van der Waals surface area (Å²) in [6.07, 6.45) is 2.56. The number of carbonyl (C=O) groups is 2. The van der Waals surface area contributed by atoms with Crippen LogP contribution in [0.15, 0.2) is 66.7 Å². The molecule has 3 aromatic rings. The highest BCUT2D eigenvalue weighted by atomic mass is 16.5. The van der Waals surface area contributed by atoms with E-state index < -0.39 is 0 Å². The fraction of sp³-hybridized carbons (Fsp3) is 0.308. The molecule has 1 aliphatic carbocycles. The Hall–Kier alpha value is -3.18. The minimum atomic E-state index is -0.187. The first-order valence-electron chi connectivity index (χ1n) is 10.9. The van der Waals surface area contributed by atoms with Gasteiger partial charge >= 0.3 is 0 Å². The molecular weight excluding hydrogens is 388 g/mol. The van der Waals surface area contributed by atoms with E-state index in [4.69, 9.17) is 4.74 Å². The lowest BCUT2D eigenvalue weighted by atomic mass is 10.0. The Balaban J connectivity index is 1.35. The summed E-state index contributed by atoms with van der Waals surface area (Å²) in [5.74, 6) is -0.119. The molecule has 2 amide bonds. The molecule has 31 heavy (non-hydrogen) atoms. The predicted octanol–water partition coefficient (Wildman–Crippen LogP) is 5.09. The molecule has 0 heterocycles. The van der Waals surface area contributed by atoms with Gasteiger partial charge in [-0.15, -0.1) is 0 Å². The number of ether oxygens (including phenoxy) is 1. The minimum Gasteiger partial charge on any atom is -0.374 e. The second-order valence-corrected chi connectivity index (χ2v) is 8.04. The molecule has 0 radical (unpaired) electrons. The van der Waals surface area contributed by atoms with Gasteiger partial charge in [0.25, 0.3) is 5.91 Å². The first kappa shape index (κ1) is 21.1. The van der Waals surface area contributed by atoms with Crippen molar-refractivity contribution in [3.8, 4) is 0 Å². The van der Waals surface area contributed by atoms with Gasteiger partial charge in [0.2, 0.25) is 5.91 Å². The van der Waals surface area contributed by atoms with Crippen LogP contribution in [0.25, 0.3) is 10.8 Å². The number of nitrogens with one attached hydrogen (secondary N) is 2. The van der Waals surface area contributed by atoms with Crippen LogP contribution < -0.4 is 10.6 Å². The number of anilines is 1. The summed E-state index contributed by atoms with van der Waals surface area (Å²) in [6.45, 7) is 3.08. The second kappa shape index (κ2) is 9.75. The SMILES string of the molecule is CC(OCCCNC(=O)c1cc2ccccc2cc1NC(=O)C1CC1)c1ccccc1. The van der Waals surface area contributed by atoms with E-state index in [0.717, 1.165) is 29.2 Å². The van der Waals surface area contributed by atoms with Crippen molar-refractivity contribution in [1.82, 2.24) is 5.32 Å². The van der Waals surface area contributed by atoms with Gasteiger partial charge in [0.1, 0.15) is 0 Å². The highest BCUT2D eigenvalue weighted by Gasteiger charge is 2.30. The van der Waals surface area contributed by atoms with E-state index in [2.05, 4.69) is 10.6 Å². The van der Waals surface area contributed by atoms with Crippen LogP contribution in [0.5, 0.6) is 0 Å². The maximum Gasteiger partial charge on any atom is 0.253 e.